The van der Waals surface area contributed by atoms with Gasteiger partial charge in [0.1, 0.15) is 13.2 Å². The van der Waals surface area contributed by atoms with Crippen LogP contribution in [-0.4, -0.2) is 36.6 Å². The molecule has 0 spiro atoms. The number of aromatic nitrogens is 1. The van der Waals surface area contributed by atoms with E-state index in [2.05, 4.69) is 10.3 Å². The highest BCUT2D eigenvalue weighted by Crippen LogP contribution is 2.36. The van der Waals surface area contributed by atoms with E-state index in [0.717, 1.165) is 15.8 Å². The number of nitrogens with zero attached hydrogens (tertiary/aromatic N) is 2. The van der Waals surface area contributed by atoms with Gasteiger partial charge in [0, 0.05) is 24.7 Å². The summed E-state index contributed by atoms with van der Waals surface area (Å²) in [7, 11) is 0. The van der Waals surface area contributed by atoms with Crippen LogP contribution in [-0.2, 0) is 9.59 Å². The molecule has 7 nitrogen and oxygen atoms in total. The van der Waals surface area contributed by atoms with Gasteiger partial charge in [-0.3, -0.25) is 9.59 Å². The fourth-order valence-electron chi connectivity index (χ4n) is 3.68. The van der Waals surface area contributed by atoms with E-state index in [0.29, 0.717) is 42.1 Å². The van der Waals surface area contributed by atoms with E-state index in [1.165, 1.54) is 11.3 Å². The monoisotopic (exact) mass is 409 g/mol. The lowest BCUT2D eigenvalue weighted by molar-refractivity contribution is -0.122. The number of ether oxygens (including phenoxy) is 2. The number of amides is 2. The molecule has 3 heterocycles. The number of nitrogens with one attached hydrogen (secondary N) is 1. The van der Waals surface area contributed by atoms with E-state index < -0.39 is 5.92 Å². The van der Waals surface area contributed by atoms with Gasteiger partial charge in [-0.15, -0.1) is 0 Å². The number of carbonyl (C=O) groups is 2. The van der Waals surface area contributed by atoms with Crippen LogP contribution in [0.4, 0.5) is 10.8 Å². The number of anilines is 2. The number of fused-ring (bicyclic) bond motifs is 2. The Morgan fingerprint density at radius 2 is 2.03 bits per heavy atom. The molecule has 1 N–H and O–H groups in total. The zero-order valence-electron chi connectivity index (χ0n) is 15.8. The summed E-state index contributed by atoms with van der Waals surface area (Å²) in [6.45, 7) is 3.32. The minimum absolute atomic E-state index is 0.0815. The second-order valence-electron chi connectivity index (χ2n) is 7.16. The van der Waals surface area contributed by atoms with Crippen LogP contribution in [0.3, 0.4) is 0 Å². The first-order chi connectivity index (χ1) is 14.1. The Hall–Kier alpha value is -3.13. The van der Waals surface area contributed by atoms with Crippen molar-refractivity contribution in [3.63, 3.8) is 0 Å². The van der Waals surface area contributed by atoms with Gasteiger partial charge in [0.25, 0.3) is 0 Å². The van der Waals surface area contributed by atoms with E-state index in [-0.39, 0.29) is 18.2 Å². The number of rotatable bonds is 3. The molecule has 1 fully saturated rings. The molecule has 3 aromatic rings. The molecule has 0 bridgehead atoms. The fraction of sp³-hybridized carbons (Fsp3) is 0.286. The molecule has 2 aliphatic heterocycles. The van der Waals surface area contributed by atoms with Crippen molar-refractivity contribution in [1.29, 1.82) is 0 Å². The third-order valence-electron chi connectivity index (χ3n) is 5.18. The molecule has 1 atom stereocenters. The normalized spacial score (nSPS) is 18.3. The molecule has 148 valence electrons. The number of carbonyl (C=O) groups excluding carboxylic acids is 2. The maximum atomic E-state index is 12.8. The first-order valence-corrected chi connectivity index (χ1v) is 10.3. The standard InChI is InChI=1S/C21H19N3O4S/c1-12-3-2-4-17-19(12)22-21(29-17)23-20(26)13-9-18(25)24(11-13)14-5-6-15-16(10-14)28-8-7-27-15/h2-6,10,13H,7-9,11H2,1H3,(H,22,23,26). The first kappa shape index (κ1) is 17.9. The minimum atomic E-state index is -0.427. The average molecular weight is 409 g/mol. The Labute approximate surface area is 171 Å². The lowest BCUT2D eigenvalue weighted by atomic mass is 10.1. The minimum Gasteiger partial charge on any atom is -0.486 e. The van der Waals surface area contributed by atoms with Gasteiger partial charge >= 0.3 is 0 Å². The Balaban J connectivity index is 1.31. The topological polar surface area (TPSA) is 80.8 Å². The van der Waals surface area contributed by atoms with Crippen LogP contribution < -0.4 is 19.7 Å². The van der Waals surface area contributed by atoms with Gasteiger partial charge in [-0.2, -0.15) is 0 Å². The summed E-state index contributed by atoms with van der Waals surface area (Å²) >= 11 is 1.44. The summed E-state index contributed by atoms with van der Waals surface area (Å²) in [5.74, 6) is 0.604. The lowest BCUT2D eigenvalue weighted by Gasteiger charge is -2.22. The Morgan fingerprint density at radius 1 is 1.21 bits per heavy atom. The van der Waals surface area contributed by atoms with Crippen molar-refractivity contribution in [2.45, 2.75) is 13.3 Å². The van der Waals surface area contributed by atoms with Crippen molar-refractivity contribution in [1.82, 2.24) is 4.98 Å². The highest BCUT2D eigenvalue weighted by atomic mass is 32.1. The van der Waals surface area contributed by atoms with Gasteiger partial charge in [-0.1, -0.05) is 23.5 Å². The van der Waals surface area contributed by atoms with Gasteiger partial charge in [0.2, 0.25) is 11.8 Å². The van der Waals surface area contributed by atoms with Crippen molar-refractivity contribution in [2.24, 2.45) is 5.92 Å². The van der Waals surface area contributed by atoms with Crippen LogP contribution in [0.5, 0.6) is 11.5 Å². The van der Waals surface area contributed by atoms with E-state index in [1.807, 2.05) is 31.2 Å². The predicted molar refractivity (Wildman–Crippen MR) is 111 cm³/mol. The highest BCUT2D eigenvalue weighted by Gasteiger charge is 2.36. The third-order valence-corrected chi connectivity index (χ3v) is 6.12. The quantitative estimate of drug-likeness (QED) is 0.717. The highest BCUT2D eigenvalue weighted by molar-refractivity contribution is 7.22. The van der Waals surface area contributed by atoms with Crippen molar-refractivity contribution < 1.29 is 19.1 Å². The molecule has 2 amide bonds. The summed E-state index contributed by atoms with van der Waals surface area (Å²) in [6, 6.07) is 11.4. The molecule has 0 aliphatic carbocycles. The molecule has 1 aromatic heterocycles. The molecule has 1 unspecified atom stereocenters. The van der Waals surface area contributed by atoms with Crippen LogP contribution in [0.1, 0.15) is 12.0 Å². The molecule has 1 saturated heterocycles. The summed E-state index contributed by atoms with van der Waals surface area (Å²) in [5.41, 5.74) is 2.68. The van der Waals surface area contributed by atoms with E-state index >= 15 is 0 Å². The lowest BCUT2D eigenvalue weighted by Crippen LogP contribution is -2.28. The summed E-state index contributed by atoms with van der Waals surface area (Å²) in [6.07, 6.45) is 0.171. The molecule has 8 heteroatoms. The van der Waals surface area contributed by atoms with Gasteiger partial charge in [0.05, 0.1) is 16.1 Å². The summed E-state index contributed by atoms with van der Waals surface area (Å²) in [5, 5.41) is 3.45. The van der Waals surface area contributed by atoms with Crippen LogP contribution in [0.2, 0.25) is 0 Å². The number of aryl methyl sites for hydroxylation is 1. The molecular weight excluding hydrogens is 390 g/mol. The Morgan fingerprint density at radius 3 is 2.86 bits per heavy atom. The molecule has 2 aromatic carbocycles. The smallest absolute Gasteiger partial charge is 0.231 e. The molecule has 29 heavy (non-hydrogen) atoms. The zero-order chi connectivity index (χ0) is 20.0. The SMILES string of the molecule is Cc1cccc2sc(NC(=O)C3CC(=O)N(c4ccc5c(c4)OCCO5)C3)nc12. The first-order valence-electron chi connectivity index (χ1n) is 9.45. The number of hydrogen-bond donors (Lipinski definition) is 1. The van der Waals surface area contributed by atoms with Crippen molar-refractivity contribution in [2.75, 3.05) is 30.0 Å². The average Bonchev–Trinajstić information content (AvgIpc) is 3.31. The van der Waals surface area contributed by atoms with Gasteiger partial charge in [-0.05, 0) is 30.7 Å². The molecule has 2 aliphatic rings. The number of benzene rings is 2. The van der Waals surface area contributed by atoms with Crippen LogP contribution in [0.25, 0.3) is 10.2 Å². The third kappa shape index (κ3) is 3.29. The number of hydrogen-bond acceptors (Lipinski definition) is 6. The van der Waals surface area contributed by atoms with Crippen molar-refractivity contribution in [3.05, 3.63) is 42.0 Å². The van der Waals surface area contributed by atoms with E-state index in [4.69, 9.17) is 9.47 Å². The fourth-order valence-corrected chi connectivity index (χ4v) is 4.63. The van der Waals surface area contributed by atoms with Gasteiger partial charge in [-0.25, -0.2) is 4.98 Å². The van der Waals surface area contributed by atoms with Crippen molar-refractivity contribution >= 4 is 44.2 Å². The molecule has 0 saturated carbocycles. The van der Waals surface area contributed by atoms with E-state index in [1.54, 1.807) is 17.0 Å². The predicted octanol–water partition coefficient (Wildman–Crippen LogP) is 3.37. The molecular formula is C21H19N3O4S. The maximum Gasteiger partial charge on any atom is 0.231 e. The number of thiazole rings is 1. The molecule has 5 rings (SSSR count). The Bertz CT molecular complexity index is 1130. The van der Waals surface area contributed by atoms with E-state index in [9.17, 15) is 9.59 Å². The van der Waals surface area contributed by atoms with Crippen LogP contribution >= 0.6 is 11.3 Å². The van der Waals surface area contributed by atoms with Gasteiger partial charge < -0.3 is 19.7 Å². The Kier molecular flexibility index (Phi) is 4.35. The largest absolute Gasteiger partial charge is 0.486 e. The second kappa shape index (κ2) is 7.04. The van der Waals surface area contributed by atoms with Crippen LogP contribution in [0, 0.1) is 12.8 Å². The zero-order valence-corrected chi connectivity index (χ0v) is 16.6. The van der Waals surface area contributed by atoms with Gasteiger partial charge in [0.15, 0.2) is 16.6 Å². The summed E-state index contributed by atoms with van der Waals surface area (Å²) < 4.78 is 12.2. The van der Waals surface area contributed by atoms with Crippen LogP contribution in [0.15, 0.2) is 36.4 Å². The maximum absolute atomic E-state index is 12.8. The number of para-hydroxylation sites is 1. The van der Waals surface area contributed by atoms with Crippen molar-refractivity contribution in [3.8, 4) is 11.5 Å². The molecule has 0 radical (unpaired) electrons. The summed E-state index contributed by atoms with van der Waals surface area (Å²) in [4.78, 5) is 31.5. The second-order valence-corrected chi connectivity index (χ2v) is 8.19.